The van der Waals surface area contributed by atoms with Crippen LogP contribution in [0.2, 0.25) is 0 Å². The average Bonchev–Trinajstić information content (AvgIpc) is 2.63. The topological polar surface area (TPSA) is 132 Å². The first-order valence-electron chi connectivity index (χ1n) is 11.2. The summed E-state index contributed by atoms with van der Waals surface area (Å²) in [6.45, 7) is 2.22. The molecular weight excluding hydrogens is 376 g/mol. The zero-order valence-electron chi connectivity index (χ0n) is 17.9. The largest absolute Gasteiger partial charge is 0.481 e. The van der Waals surface area contributed by atoms with Crippen molar-refractivity contribution >= 4 is 17.9 Å². The Hall–Kier alpha value is -1.63. The van der Waals surface area contributed by atoms with Crippen LogP contribution in [0.15, 0.2) is 0 Å². The minimum Gasteiger partial charge on any atom is -0.481 e. The van der Waals surface area contributed by atoms with Gasteiger partial charge in [-0.3, -0.25) is 9.59 Å². The zero-order valence-corrected chi connectivity index (χ0v) is 17.9. The Bertz CT molecular complexity index is 478. The SMILES string of the molecule is CCCCCCCCCCCCCCCCC(C(=O)O)C(O)(CC(=O)O)C(=O)O. The Morgan fingerprint density at radius 1 is 0.690 bits per heavy atom. The van der Waals surface area contributed by atoms with Crippen LogP contribution in [0.4, 0.5) is 0 Å². The quantitative estimate of drug-likeness (QED) is 0.209. The summed E-state index contributed by atoms with van der Waals surface area (Å²) in [4.78, 5) is 33.5. The molecule has 0 aliphatic heterocycles. The first-order valence-corrected chi connectivity index (χ1v) is 11.2. The molecule has 0 aliphatic carbocycles. The molecule has 0 radical (unpaired) electrons. The second kappa shape index (κ2) is 16.2. The van der Waals surface area contributed by atoms with E-state index in [1.165, 1.54) is 57.8 Å². The van der Waals surface area contributed by atoms with Gasteiger partial charge in [-0.2, -0.15) is 0 Å². The van der Waals surface area contributed by atoms with Crippen molar-refractivity contribution in [1.82, 2.24) is 0 Å². The summed E-state index contributed by atoms with van der Waals surface area (Å²) in [6, 6.07) is 0. The Morgan fingerprint density at radius 2 is 1.07 bits per heavy atom. The van der Waals surface area contributed by atoms with E-state index in [4.69, 9.17) is 10.2 Å². The molecule has 170 valence electrons. The molecule has 0 amide bonds. The van der Waals surface area contributed by atoms with E-state index in [9.17, 15) is 24.6 Å². The third-order valence-electron chi connectivity index (χ3n) is 5.51. The van der Waals surface area contributed by atoms with Crippen LogP contribution in [-0.4, -0.2) is 43.9 Å². The van der Waals surface area contributed by atoms with Crippen LogP contribution in [0.1, 0.15) is 110 Å². The molecule has 4 N–H and O–H groups in total. The van der Waals surface area contributed by atoms with Crippen LogP contribution >= 0.6 is 0 Å². The Kier molecular flexibility index (Phi) is 15.3. The van der Waals surface area contributed by atoms with Gasteiger partial charge < -0.3 is 20.4 Å². The van der Waals surface area contributed by atoms with Gasteiger partial charge in [0.05, 0.1) is 12.3 Å². The number of aliphatic carboxylic acids is 3. The maximum absolute atomic E-state index is 11.4. The van der Waals surface area contributed by atoms with E-state index < -0.39 is 35.8 Å². The van der Waals surface area contributed by atoms with Crippen molar-refractivity contribution in [1.29, 1.82) is 0 Å². The molecule has 0 saturated heterocycles. The third-order valence-corrected chi connectivity index (χ3v) is 5.51. The van der Waals surface area contributed by atoms with Gasteiger partial charge in [0.15, 0.2) is 5.60 Å². The van der Waals surface area contributed by atoms with E-state index in [0.717, 1.165) is 25.7 Å². The number of carboxylic acid groups (broad SMARTS) is 3. The molecule has 0 aliphatic rings. The number of carbonyl (C=O) groups is 3. The molecular formula is C22H40O7. The minimum atomic E-state index is -2.78. The van der Waals surface area contributed by atoms with Crippen molar-refractivity contribution in [3.63, 3.8) is 0 Å². The van der Waals surface area contributed by atoms with Crippen LogP contribution in [0, 0.1) is 5.92 Å². The van der Waals surface area contributed by atoms with Gasteiger partial charge in [-0.1, -0.05) is 96.8 Å². The fourth-order valence-electron chi connectivity index (χ4n) is 3.69. The third kappa shape index (κ3) is 12.5. The number of hydrogen-bond acceptors (Lipinski definition) is 4. The van der Waals surface area contributed by atoms with E-state index in [1.54, 1.807) is 0 Å². The summed E-state index contributed by atoms with van der Waals surface area (Å²) < 4.78 is 0. The molecule has 0 aromatic rings. The van der Waals surface area contributed by atoms with Gasteiger partial charge in [0.25, 0.3) is 0 Å². The van der Waals surface area contributed by atoms with E-state index in [2.05, 4.69) is 6.92 Å². The monoisotopic (exact) mass is 416 g/mol. The van der Waals surface area contributed by atoms with Crippen molar-refractivity contribution in [3.05, 3.63) is 0 Å². The number of hydrogen-bond donors (Lipinski definition) is 4. The summed E-state index contributed by atoms with van der Waals surface area (Å²) in [5, 5.41) is 37.3. The second-order valence-electron chi connectivity index (χ2n) is 8.08. The van der Waals surface area contributed by atoms with Gasteiger partial charge in [0.1, 0.15) is 0 Å². The number of aliphatic hydroxyl groups is 1. The normalized spacial score (nSPS) is 14.3. The van der Waals surface area contributed by atoms with Crippen molar-refractivity contribution in [2.45, 2.75) is 115 Å². The number of rotatable bonds is 20. The van der Waals surface area contributed by atoms with Crippen molar-refractivity contribution in [2.24, 2.45) is 5.92 Å². The van der Waals surface area contributed by atoms with E-state index in [-0.39, 0.29) is 6.42 Å². The van der Waals surface area contributed by atoms with Crippen LogP contribution in [-0.2, 0) is 14.4 Å². The molecule has 0 aromatic heterocycles. The summed E-state index contributed by atoms with van der Waals surface area (Å²) >= 11 is 0. The van der Waals surface area contributed by atoms with Gasteiger partial charge >= 0.3 is 17.9 Å². The molecule has 7 nitrogen and oxygen atoms in total. The predicted molar refractivity (Wildman–Crippen MR) is 111 cm³/mol. The standard InChI is InChI=1S/C22H40O7/c1-2-3-4-5-6-7-8-9-10-11-12-13-14-15-16-18(20(25)26)22(29,21(27)28)17-19(23)24/h18,29H,2-17H2,1H3,(H,23,24)(H,25,26)(H,27,28). The number of carboxylic acids is 3. The first kappa shape index (κ1) is 27.4. The Balaban J connectivity index is 3.92. The van der Waals surface area contributed by atoms with Crippen molar-refractivity contribution < 1.29 is 34.8 Å². The Labute approximate surface area is 174 Å². The van der Waals surface area contributed by atoms with E-state index >= 15 is 0 Å². The molecule has 0 aromatic carbocycles. The maximum Gasteiger partial charge on any atom is 0.337 e. The molecule has 0 heterocycles. The van der Waals surface area contributed by atoms with Crippen LogP contribution < -0.4 is 0 Å². The van der Waals surface area contributed by atoms with Gasteiger partial charge in [0, 0.05) is 0 Å². The highest BCUT2D eigenvalue weighted by molar-refractivity contribution is 5.89. The lowest BCUT2D eigenvalue weighted by Gasteiger charge is -2.28. The lowest BCUT2D eigenvalue weighted by molar-refractivity contribution is -0.179. The predicted octanol–water partition coefficient (Wildman–Crippen LogP) is 4.85. The molecule has 2 unspecified atom stereocenters. The zero-order chi connectivity index (χ0) is 22.1. The van der Waals surface area contributed by atoms with Gasteiger partial charge in [-0.05, 0) is 6.42 Å². The molecule has 7 heteroatoms. The first-order chi connectivity index (χ1) is 13.8. The van der Waals surface area contributed by atoms with Gasteiger partial charge in [-0.25, -0.2) is 4.79 Å². The van der Waals surface area contributed by atoms with Crippen LogP contribution in [0.5, 0.6) is 0 Å². The average molecular weight is 417 g/mol. The van der Waals surface area contributed by atoms with E-state index in [0.29, 0.717) is 6.42 Å². The summed E-state index contributed by atoms with van der Waals surface area (Å²) in [5.41, 5.74) is -2.78. The lowest BCUT2D eigenvalue weighted by Crippen LogP contribution is -2.50. The molecule has 2 atom stereocenters. The summed E-state index contributed by atoms with van der Waals surface area (Å²) in [6.07, 6.45) is 14.8. The van der Waals surface area contributed by atoms with E-state index in [1.807, 2.05) is 0 Å². The summed E-state index contributed by atoms with van der Waals surface area (Å²) in [5.74, 6) is -6.46. The smallest absolute Gasteiger partial charge is 0.337 e. The molecule has 0 spiro atoms. The van der Waals surface area contributed by atoms with Gasteiger partial charge in [-0.15, -0.1) is 0 Å². The van der Waals surface area contributed by atoms with Crippen molar-refractivity contribution in [3.8, 4) is 0 Å². The van der Waals surface area contributed by atoms with Gasteiger partial charge in [0.2, 0.25) is 0 Å². The lowest BCUT2D eigenvalue weighted by atomic mass is 9.81. The highest BCUT2D eigenvalue weighted by Crippen LogP contribution is 2.28. The molecule has 0 rings (SSSR count). The Morgan fingerprint density at radius 3 is 1.38 bits per heavy atom. The van der Waals surface area contributed by atoms with Crippen LogP contribution in [0.3, 0.4) is 0 Å². The van der Waals surface area contributed by atoms with Crippen LogP contribution in [0.25, 0.3) is 0 Å². The van der Waals surface area contributed by atoms with Crippen molar-refractivity contribution in [2.75, 3.05) is 0 Å². The minimum absolute atomic E-state index is 0.0521. The molecule has 0 bridgehead atoms. The summed E-state index contributed by atoms with van der Waals surface area (Å²) in [7, 11) is 0. The fourth-order valence-corrected chi connectivity index (χ4v) is 3.69. The second-order valence-corrected chi connectivity index (χ2v) is 8.08. The highest BCUT2D eigenvalue weighted by atomic mass is 16.4. The molecule has 29 heavy (non-hydrogen) atoms. The highest BCUT2D eigenvalue weighted by Gasteiger charge is 2.49. The fraction of sp³-hybridized carbons (Fsp3) is 0.864. The maximum atomic E-state index is 11.4. The molecule has 0 saturated carbocycles. The number of unbranched alkanes of at least 4 members (excludes halogenated alkanes) is 13. The molecule has 0 fully saturated rings.